The van der Waals surface area contributed by atoms with Crippen LogP contribution in [0, 0.1) is 0 Å². The van der Waals surface area contributed by atoms with Gasteiger partial charge in [0.25, 0.3) is 0 Å². The third-order valence-electron chi connectivity index (χ3n) is 8.40. The fraction of sp³-hybridized carbons (Fsp3) is 0.167. The molecule has 0 aromatic heterocycles. The van der Waals surface area contributed by atoms with Crippen LogP contribution in [-0.2, 0) is 4.65 Å². The van der Waals surface area contributed by atoms with E-state index in [1.165, 1.54) is 36.3 Å². The molecule has 200 valence electrons. The zero-order valence-electron chi connectivity index (χ0n) is 23.6. The lowest BCUT2D eigenvalue weighted by Gasteiger charge is -2.39. The lowest BCUT2D eigenvalue weighted by molar-refractivity contribution is -0.0893. The Balaban J connectivity index is 1.55. The molecule has 0 unspecified atom stereocenters. The quantitative estimate of drug-likeness (QED) is 0.206. The number of hydrogen-bond acceptors (Lipinski definition) is 2. The summed E-state index contributed by atoms with van der Waals surface area (Å²) in [5, 5.41) is 10.7. The first-order valence-electron chi connectivity index (χ1n) is 13.9. The molecule has 5 aromatic rings. The van der Waals surface area contributed by atoms with Crippen LogP contribution in [-0.4, -0.2) is 23.8 Å². The molecular formula is C36H35BO2S. The molecule has 0 saturated heterocycles. The van der Waals surface area contributed by atoms with E-state index in [1.807, 2.05) is 13.8 Å². The van der Waals surface area contributed by atoms with Gasteiger partial charge in [-0.3, -0.25) is 0 Å². The van der Waals surface area contributed by atoms with E-state index >= 15 is 0 Å². The highest BCUT2D eigenvalue weighted by Crippen LogP contribution is 2.80. The van der Waals surface area contributed by atoms with Crippen LogP contribution < -0.4 is 5.46 Å². The molecule has 1 aliphatic heterocycles. The molecule has 1 heterocycles. The SMILES string of the molecule is CC(C)(O)C(C)(C)OBc1ccccc1-c1ccc2c(c1)S(c1ccccc1)(c1ccccc1)c1ccccc1-2. The Morgan fingerprint density at radius 2 is 1.10 bits per heavy atom. The molecule has 1 N–H and O–H groups in total. The van der Waals surface area contributed by atoms with E-state index in [-0.39, 0.29) is 0 Å². The molecule has 0 bridgehead atoms. The first-order chi connectivity index (χ1) is 19.2. The highest BCUT2D eigenvalue weighted by molar-refractivity contribution is 8.34. The van der Waals surface area contributed by atoms with Crippen molar-refractivity contribution in [2.45, 2.75) is 58.5 Å². The van der Waals surface area contributed by atoms with Crippen molar-refractivity contribution in [3.8, 4) is 22.3 Å². The first-order valence-corrected chi connectivity index (χ1v) is 15.5. The Morgan fingerprint density at radius 3 is 1.73 bits per heavy atom. The topological polar surface area (TPSA) is 29.5 Å². The average molecular weight is 543 g/mol. The van der Waals surface area contributed by atoms with E-state index in [0.29, 0.717) is 7.48 Å². The number of benzene rings is 5. The molecular weight excluding hydrogens is 507 g/mol. The smallest absolute Gasteiger partial charge is 0.310 e. The summed E-state index contributed by atoms with van der Waals surface area (Å²) in [6, 6.07) is 46.4. The third kappa shape index (κ3) is 4.32. The Labute approximate surface area is 240 Å². The van der Waals surface area contributed by atoms with Gasteiger partial charge in [-0.2, -0.15) is 0 Å². The zero-order valence-corrected chi connectivity index (χ0v) is 24.4. The van der Waals surface area contributed by atoms with Gasteiger partial charge in [0.1, 0.15) is 0 Å². The molecule has 0 radical (unpaired) electrons. The molecule has 1 aliphatic rings. The largest absolute Gasteiger partial charge is 0.427 e. The molecule has 0 aliphatic carbocycles. The van der Waals surface area contributed by atoms with Crippen LogP contribution in [0.2, 0.25) is 0 Å². The maximum Gasteiger partial charge on any atom is 0.310 e. The van der Waals surface area contributed by atoms with Crippen LogP contribution >= 0.6 is 10.0 Å². The number of rotatable bonds is 7. The van der Waals surface area contributed by atoms with Crippen molar-refractivity contribution in [2.75, 3.05) is 0 Å². The Bertz CT molecular complexity index is 1620. The highest BCUT2D eigenvalue weighted by Gasteiger charge is 2.42. The van der Waals surface area contributed by atoms with Gasteiger partial charge in [-0.25, -0.2) is 0 Å². The summed E-state index contributed by atoms with van der Waals surface area (Å²) in [5.74, 6) is 0. The van der Waals surface area contributed by atoms with Crippen molar-refractivity contribution in [1.82, 2.24) is 0 Å². The maximum atomic E-state index is 10.7. The van der Waals surface area contributed by atoms with Gasteiger partial charge in [-0.05, 0) is 91.8 Å². The van der Waals surface area contributed by atoms with E-state index in [4.69, 9.17) is 4.65 Å². The predicted molar refractivity (Wildman–Crippen MR) is 169 cm³/mol. The molecule has 2 nitrogen and oxygen atoms in total. The fourth-order valence-corrected chi connectivity index (χ4v) is 9.75. The summed E-state index contributed by atoms with van der Waals surface area (Å²) in [5.41, 5.74) is 4.40. The number of aliphatic hydroxyl groups is 1. The van der Waals surface area contributed by atoms with Gasteiger partial charge in [0.05, 0.1) is 11.2 Å². The molecule has 5 aromatic carbocycles. The predicted octanol–water partition coefficient (Wildman–Crippen LogP) is 8.22. The molecule has 0 atom stereocenters. The van der Waals surface area contributed by atoms with E-state index < -0.39 is 21.2 Å². The second kappa shape index (κ2) is 10.1. The molecule has 6 rings (SSSR count). The van der Waals surface area contributed by atoms with Crippen molar-refractivity contribution in [2.24, 2.45) is 0 Å². The van der Waals surface area contributed by atoms with E-state index in [1.54, 1.807) is 13.8 Å². The van der Waals surface area contributed by atoms with Crippen LogP contribution in [0.5, 0.6) is 0 Å². The van der Waals surface area contributed by atoms with Gasteiger partial charge >= 0.3 is 7.48 Å². The molecule has 0 spiro atoms. The average Bonchev–Trinajstić information content (AvgIpc) is 3.27. The van der Waals surface area contributed by atoms with Crippen LogP contribution in [0.15, 0.2) is 147 Å². The van der Waals surface area contributed by atoms with Gasteiger partial charge in [-0.15, -0.1) is 10.0 Å². The zero-order chi connectivity index (χ0) is 28.0. The summed E-state index contributed by atoms with van der Waals surface area (Å²) in [4.78, 5) is 5.44. The van der Waals surface area contributed by atoms with Crippen molar-refractivity contribution in [1.29, 1.82) is 0 Å². The van der Waals surface area contributed by atoms with Crippen molar-refractivity contribution < 1.29 is 9.76 Å². The van der Waals surface area contributed by atoms with Crippen molar-refractivity contribution in [3.63, 3.8) is 0 Å². The Morgan fingerprint density at radius 1 is 0.575 bits per heavy atom. The summed E-state index contributed by atoms with van der Waals surface area (Å²) in [7, 11) is -1.28. The minimum absolute atomic E-state index is 0.417. The minimum atomic E-state index is -1.70. The molecule has 0 amide bonds. The normalized spacial score (nSPS) is 14.7. The number of fused-ring (bicyclic) bond motifs is 3. The summed E-state index contributed by atoms with van der Waals surface area (Å²) >= 11 is 0. The van der Waals surface area contributed by atoms with Gasteiger partial charge in [0.15, 0.2) is 0 Å². The third-order valence-corrected chi connectivity index (χ3v) is 12.4. The van der Waals surface area contributed by atoms with Crippen LogP contribution in [0.25, 0.3) is 22.3 Å². The van der Waals surface area contributed by atoms with Gasteiger partial charge in [0, 0.05) is 19.6 Å². The molecule has 0 fully saturated rings. The van der Waals surface area contributed by atoms with E-state index in [0.717, 1.165) is 11.0 Å². The molecule has 40 heavy (non-hydrogen) atoms. The summed E-state index contributed by atoms with van der Waals surface area (Å²) in [6.45, 7) is 7.48. The van der Waals surface area contributed by atoms with Gasteiger partial charge in [-0.1, -0.05) is 91.0 Å². The molecule has 0 saturated carbocycles. The second-order valence-corrected chi connectivity index (χ2v) is 14.5. The molecule has 4 heteroatoms. The second-order valence-electron chi connectivity index (χ2n) is 11.5. The lowest BCUT2D eigenvalue weighted by Crippen LogP contribution is -2.49. The summed E-state index contributed by atoms with van der Waals surface area (Å²) < 4.78 is 6.32. The maximum absolute atomic E-state index is 10.7. The van der Waals surface area contributed by atoms with E-state index in [9.17, 15) is 5.11 Å². The van der Waals surface area contributed by atoms with Gasteiger partial charge < -0.3 is 9.76 Å². The highest BCUT2D eigenvalue weighted by atomic mass is 32.3. The monoisotopic (exact) mass is 542 g/mol. The first kappa shape index (κ1) is 26.6. The Kier molecular flexibility index (Phi) is 6.74. The minimum Gasteiger partial charge on any atom is -0.427 e. The van der Waals surface area contributed by atoms with Crippen molar-refractivity contribution >= 4 is 23.0 Å². The van der Waals surface area contributed by atoms with Crippen LogP contribution in [0.4, 0.5) is 0 Å². The Hall–Kier alpha value is -3.57. The lowest BCUT2D eigenvalue weighted by atomic mass is 9.79. The van der Waals surface area contributed by atoms with E-state index in [2.05, 4.69) is 127 Å². The van der Waals surface area contributed by atoms with Crippen LogP contribution in [0.3, 0.4) is 0 Å². The van der Waals surface area contributed by atoms with Crippen LogP contribution in [0.1, 0.15) is 27.7 Å². The fourth-order valence-electron chi connectivity index (χ4n) is 5.50. The van der Waals surface area contributed by atoms with Gasteiger partial charge in [0.2, 0.25) is 0 Å². The standard InChI is InChI=1S/C36H35BO2S/c1-35(2,38)36(3,4)39-37-32-21-13-11-19-29(32)26-23-24-31-30-20-12-14-22-33(30)40(34(31)25-26,27-15-7-5-8-16-27)28-17-9-6-10-18-28/h5-25,37-38H,1-4H3. The number of hydrogen-bond donors (Lipinski definition) is 1. The summed E-state index contributed by atoms with van der Waals surface area (Å²) in [6.07, 6.45) is 0. The van der Waals surface area contributed by atoms with Crippen molar-refractivity contribution in [3.05, 3.63) is 127 Å².